The Hall–Kier alpha value is -3.32. The average molecular weight is 447 g/mol. The molecule has 0 fully saturated rings. The van der Waals surface area contributed by atoms with E-state index in [0.717, 1.165) is 28.1 Å². The van der Waals surface area contributed by atoms with Crippen molar-refractivity contribution in [3.63, 3.8) is 0 Å². The van der Waals surface area contributed by atoms with Crippen molar-refractivity contribution >= 4 is 34.1 Å². The molecule has 6 nitrogen and oxygen atoms in total. The second-order valence-electron chi connectivity index (χ2n) is 7.81. The van der Waals surface area contributed by atoms with E-state index < -0.39 is 0 Å². The van der Waals surface area contributed by atoms with E-state index in [0.29, 0.717) is 17.6 Å². The van der Waals surface area contributed by atoms with E-state index in [1.807, 2.05) is 61.9 Å². The van der Waals surface area contributed by atoms with Crippen LogP contribution >= 0.6 is 11.8 Å². The molecule has 0 unspecified atom stereocenters. The predicted molar refractivity (Wildman–Crippen MR) is 129 cm³/mol. The third-order valence-electron chi connectivity index (χ3n) is 5.43. The summed E-state index contributed by atoms with van der Waals surface area (Å²) < 4.78 is 7.91. The molecule has 1 heterocycles. The number of benzene rings is 3. The summed E-state index contributed by atoms with van der Waals surface area (Å²) >= 11 is 1.35. The first-order valence-corrected chi connectivity index (χ1v) is 11.4. The fourth-order valence-corrected chi connectivity index (χ4v) is 4.22. The van der Waals surface area contributed by atoms with E-state index in [2.05, 4.69) is 40.6 Å². The van der Waals surface area contributed by atoms with E-state index >= 15 is 0 Å². The minimum absolute atomic E-state index is 0.0729. The molecular weight excluding hydrogens is 420 g/mol. The number of fused-ring (bicyclic) bond motifs is 1. The van der Waals surface area contributed by atoms with Crippen LogP contribution in [0.2, 0.25) is 0 Å². The van der Waals surface area contributed by atoms with Gasteiger partial charge in [0, 0.05) is 12.7 Å². The van der Waals surface area contributed by atoms with Crippen LogP contribution in [0, 0.1) is 20.8 Å². The number of nitrogens with zero attached hydrogens (tertiary/aromatic N) is 3. The van der Waals surface area contributed by atoms with Crippen LogP contribution in [0.1, 0.15) is 22.5 Å². The summed E-state index contributed by atoms with van der Waals surface area (Å²) in [6.45, 7) is 6.35. The molecule has 32 heavy (non-hydrogen) atoms. The standard InChI is InChI=1S/C25H26N4O2S/c1-16-9-10-17(2)21(13-16)26-24(30)15-32-25-28-27-23(29(25)4)14-31-22-12-11-19-7-5-6-8-20(19)18(22)3/h5-13H,14-15H2,1-4H3,(H,26,30). The Labute approximate surface area is 192 Å². The number of hydrogen-bond acceptors (Lipinski definition) is 5. The van der Waals surface area contributed by atoms with Gasteiger partial charge in [-0.25, -0.2) is 0 Å². The van der Waals surface area contributed by atoms with Crippen molar-refractivity contribution < 1.29 is 9.53 Å². The lowest BCUT2D eigenvalue weighted by molar-refractivity contribution is -0.113. The number of rotatable bonds is 7. The first kappa shape index (κ1) is 21.9. The highest BCUT2D eigenvalue weighted by atomic mass is 32.2. The first-order valence-electron chi connectivity index (χ1n) is 10.4. The van der Waals surface area contributed by atoms with Gasteiger partial charge in [0.25, 0.3) is 0 Å². The monoisotopic (exact) mass is 446 g/mol. The van der Waals surface area contributed by atoms with Crippen molar-refractivity contribution in [2.75, 3.05) is 11.1 Å². The van der Waals surface area contributed by atoms with E-state index in [4.69, 9.17) is 4.74 Å². The maximum Gasteiger partial charge on any atom is 0.234 e. The van der Waals surface area contributed by atoms with Crippen LogP contribution < -0.4 is 10.1 Å². The molecule has 0 saturated carbocycles. The topological polar surface area (TPSA) is 69.0 Å². The molecule has 0 bridgehead atoms. The van der Waals surface area contributed by atoms with Gasteiger partial charge < -0.3 is 14.6 Å². The van der Waals surface area contributed by atoms with Gasteiger partial charge in [0.05, 0.1) is 5.75 Å². The van der Waals surface area contributed by atoms with Gasteiger partial charge in [0.2, 0.25) is 5.91 Å². The fraction of sp³-hybridized carbons (Fsp3) is 0.240. The normalized spacial score (nSPS) is 11.0. The number of ether oxygens (including phenoxy) is 1. The minimum Gasteiger partial charge on any atom is -0.485 e. The van der Waals surface area contributed by atoms with Crippen LogP contribution in [0.3, 0.4) is 0 Å². The van der Waals surface area contributed by atoms with Crippen LogP contribution in [0.25, 0.3) is 10.8 Å². The fourth-order valence-electron chi connectivity index (χ4n) is 3.49. The highest BCUT2D eigenvalue weighted by Gasteiger charge is 2.14. The molecule has 0 aliphatic carbocycles. The summed E-state index contributed by atoms with van der Waals surface area (Å²) in [5.74, 6) is 1.71. The third-order valence-corrected chi connectivity index (χ3v) is 6.45. The van der Waals surface area contributed by atoms with Crippen molar-refractivity contribution in [1.82, 2.24) is 14.8 Å². The van der Waals surface area contributed by atoms with E-state index in [9.17, 15) is 4.79 Å². The highest BCUT2D eigenvalue weighted by molar-refractivity contribution is 7.99. The van der Waals surface area contributed by atoms with Gasteiger partial charge in [-0.15, -0.1) is 10.2 Å². The summed E-state index contributed by atoms with van der Waals surface area (Å²) in [6.07, 6.45) is 0. The van der Waals surface area contributed by atoms with Crippen LogP contribution in [-0.2, 0) is 18.4 Å². The maximum atomic E-state index is 12.4. The van der Waals surface area contributed by atoms with Gasteiger partial charge >= 0.3 is 0 Å². The molecule has 0 radical (unpaired) electrons. The van der Waals surface area contributed by atoms with E-state index in [-0.39, 0.29) is 11.7 Å². The number of hydrogen-bond donors (Lipinski definition) is 1. The zero-order valence-corrected chi connectivity index (χ0v) is 19.5. The van der Waals surface area contributed by atoms with E-state index in [1.165, 1.54) is 22.5 Å². The molecule has 7 heteroatoms. The van der Waals surface area contributed by atoms with Crippen molar-refractivity contribution in [3.05, 3.63) is 77.1 Å². The summed E-state index contributed by atoms with van der Waals surface area (Å²) in [4.78, 5) is 12.4. The van der Waals surface area contributed by atoms with Gasteiger partial charge in [0.1, 0.15) is 12.4 Å². The summed E-state index contributed by atoms with van der Waals surface area (Å²) in [5.41, 5.74) is 4.09. The molecule has 0 aliphatic heterocycles. The minimum atomic E-state index is -0.0729. The SMILES string of the molecule is Cc1ccc(C)c(NC(=O)CSc2nnc(COc3ccc4ccccc4c3C)n2C)c1. The molecule has 1 amide bonds. The highest BCUT2D eigenvalue weighted by Crippen LogP contribution is 2.28. The van der Waals surface area contributed by atoms with Crippen molar-refractivity contribution in [1.29, 1.82) is 0 Å². The molecule has 0 saturated heterocycles. The lowest BCUT2D eigenvalue weighted by atomic mass is 10.0. The van der Waals surface area contributed by atoms with Gasteiger partial charge in [-0.3, -0.25) is 4.79 Å². The smallest absolute Gasteiger partial charge is 0.234 e. The number of amides is 1. The Morgan fingerprint density at radius 3 is 2.72 bits per heavy atom. The second-order valence-corrected chi connectivity index (χ2v) is 8.75. The van der Waals surface area contributed by atoms with Gasteiger partial charge in [-0.1, -0.05) is 54.2 Å². The van der Waals surface area contributed by atoms with Crippen LogP contribution in [-0.4, -0.2) is 26.4 Å². The Balaban J connectivity index is 1.37. The number of aromatic nitrogens is 3. The summed E-state index contributed by atoms with van der Waals surface area (Å²) in [5, 5.41) is 14.5. The molecule has 3 aromatic carbocycles. The molecule has 4 aromatic rings. The van der Waals surface area contributed by atoms with Crippen LogP contribution in [0.15, 0.2) is 59.8 Å². The zero-order valence-electron chi connectivity index (χ0n) is 18.7. The van der Waals surface area contributed by atoms with Gasteiger partial charge in [-0.05, 0) is 60.4 Å². The summed E-state index contributed by atoms with van der Waals surface area (Å²) in [7, 11) is 1.89. The molecule has 164 valence electrons. The number of carbonyl (C=O) groups excluding carboxylic acids is 1. The number of carbonyl (C=O) groups is 1. The molecule has 1 aromatic heterocycles. The van der Waals surface area contributed by atoms with Crippen LogP contribution in [0.5, 0.6) is 5.75 Å². The molecule has 0 spiro atoms. The number of thioether (sulfide) groups is 1. The quantitative estimate of drug-likeness (QED) is 0.395. The largest absolute Gasteiger partial charge is 0.485 e. The van der Waals surface area contributed by atoms with E-state index in [1.54, 1.807) is 0 Å². The molecular formula is C25H26N4O2S. The lowest BCUT2D eigenvalue weighted by Gasteiger charge is -2.11. The van der Waals surface area contributed by atoms with Crippen LogP contribution in [0.4, 0.5) is 5.69 Å². The zero-order chi connectivity index (χ0) is 22.7. The number of nitrogens with one attached hydrogen (secondary N) is 1. The predicted octanol–water partition coefficient (Wildman–Crippen LogP) is 5.20. The molecule has 1 N–H and O–H groups in total. The second kappa shape index (κ2) is 9.44. The Morgan fingerprint density at radius 2 is 1.88 bits per heavy atom. The Bertz CT molecular complexity index is 1280. The molecule has 0 atom stereocenters. The number of aryl methyl sites for hydroxylation is 3. The van der Waals surface area contributed by atoms with Crippen molar-refractivity contribution in [2.45, 2.75) is 32.5 Å². The Morgan fingerprint density at radius 1 is 1.06 bits per heavy atom. The Kier molecular flexibility index (Phi) is 6.46. The van der Waals surface area contributed by atoms with Gasteiger partial charge in [-0.2, -0.15) is 0 Å². The lowest BCUT2D eigenvalue weighted by Crippen LogP contribution is -2.15. The molecule has 4 rings (SSSR count). The average Bonchev–Trinajstić information content (AvgIpc) is 3.14. The van der Waals surface area contributed by atoms with Crippen molar-refractivity contribution in [2.24, 2.45) is 7.05 Å². The van der Waals surface area contributed by atoms with Gasteiger partial charge in [0.15, 0.2) is 11.0 Å². The first-order chi connectivity index (χ1) is 15.4. The van der Waals surface area contributed by atoms with Crippen molar-refractivity contribution in [3.8, 4) is 5.75 Å². The third kappa shape index (κ3) is 4.78. The maximum absolute atomic E-state index is 12.4. The summed E-state index contributed by atoms with van der Waals surface area (Å²) in [6, 6.07) is 18.3. The molecule has 0 aliphatic rings. The number of anilines is 1.